The Hall–Kier alpha value is -3.49. The molecular weight excluding hydrogens is 388 g/mol. The first-order valence-corrected chi connectivity index (χ1v) is 10.4. The number of aromatic nitrogens is 1. The van der Waals surface area contributed by atoms with Gasteiger partial charge in [-0.15, -0.1) is 0 Å². The summed E-state index contributed by atoms with van der Waals surface area (Å²) in [4.78, 5) is 12.9. The number of sulfonamides is 1. The van der Waals surface area contributed by atoms with Crippen LogP contribution >= 0.6 is 0 Å². The fourth-order valence-corrected chi connectivity index (χ4v) is 3.64. The number of hydrazone groups is 1. The summed E-state index contributed by atoms with van der Waals surface area (Å²) in [6.45, 7) is 1.79. The van der Waals surface area contributed by atoms with Crippen LogP contribution in [0.25, 0.3) is 11.8 Å². The number of amides is 1. The Bertz CT molecular complexity index is 1240. The van der Waals surface area contributed by atoms with Crippen molar-refractivity contribution in [3.63, 3.8) is 0 Å². The Balaban J connectivity index is 1.68. The molecule has 2 aromatic carbocycles. The van der Waals surface area contributed by atoms with Crippen molar-refractivity contribution >= 4 is 33.4 Å². The molecule has 1 aliphatic rings. The van der Waals surface area contributed by atoms with Crippen LogP contribution in [0.15, 0.2) is 88.5 Å². The van der Waals surface area contributed by atoms with E-state index in [0.29, 0.717) is 17.0 Å². The molecule has 0 fully saturated rings. The van der Waals surface area contributed by atoms with Crippen molar-refractivity contribution in [1.29, 1.82) is 0 Å². The van der Waals surface area contributed by atoms with E-state index in [-0.39, 0.29) is 10.8 Å². The molecule has 0 aliphatic carbocycles. The van der Waals surface area contributed by atoms with Crippen LogP contribution in [0, 0.1) is 0 Å². The number of rotatable bonds is 4. The van der Waals surface area contributed by atoms with E-state index in [1.807, 2.05) is 53.2 Å². The summed E-state index contributed by atoms with van der Waals surface area (Å²) in [6, 6.07) is 19.2. The zero-order valence-corrected chi connectivity index (χ0v) is 16.4. The molecule has 0 saturated heterocycles. The fraction of sp³-hybridized carbons (Fsp3) is 0.0476. The van der Waals surface area contributed by atoms with Gasteiger partial charge < -0.3 is 4.57 Å². The van der Waals surface area contributed by atoms with E-state index in [1.54, 1.807) is 25.1 Å². The molecule has 0 radical (unpaired) electrons. The molecule has 0 bridgehead atoms. The zero-order chi connectivity index (χ0) is 20.6. The molecule has 4 rings (SSSR count). The van der Waals surface area contributed by atoms with Crippen molar-refractivity contribution in [2.75, 3.05) is 5.01 Å². The molecule has 1 aromatic heterocycles. The lowest BCUT2D eigenvalue weighted by Crippen LogP contribution is -2.21. The zero-order valence-electron chi connectivity index (χ0n) is 15.6. The summed E-state index contributed by atoms with van der Waals surface area (Å²) >= 11 is 0. The van der Waals surface area contributed by atoms with Gasteiger partial charge in [0.15, 0.2) is 0 Å². The lowest BCUT2D eigenvalue weighted by molar-refractivity contribution is -0.114. The predicted octanol–water partition coefficient (Wildman–Crippen LogP) is 2.93. The standard InChI is InChI=1S/C21H18N4O3S/c1-15-20(21(26)25(23-15)17-6-3-2-4-7-17)14-18-8-5-13-24(18)16-9-11-19(12-10-16)29(22,27)28/h2-14H,1H3,(H2,22,27,28)/b20-14+. The van der Waals surface area contributed by atoms with Gasteiger partial charge in [-0.25, -0.2) is 13.6 Å². The van der Waals surface area contributed by atoms with Crippen LogP contribution in [0.1, 0.15) is 12.6 Å². The van der Waals surface area contributed by atoms with E-state index >= 15 is 0 Å². The second-order valence-electron chi connectivity index (χ2n) is 6.54. The van der Waals surface area contributed by atoms with Gasteiger partial charge in [0.1, 0.15) is 0 Å². The first kappa shape index (κ1) is 18.9. The number of hydrogen-bond acceptors (Lipinski definition) is 4. The van der Waals surface area contributed by atoms with Crippen molar-refractivity contribution in [1.82, 2.24) is 4.57 Å². The third-order valence-electron chi connectivity index (χ3n) is 4.58. The number of para-hydroxylation sites is 1. The summed E-state index contributed by atoms with van der Waals surface area (Å²) in [5.74, 6) is -0.203. The van der Waals surface area contributed by atoms with Crippen LogP contribution in [0.5, 0.6) is 0 Å². The number of carbonyl (C=O) groups is 1. The third kappa shape index (κ3) is 3.63. The van der Waals surface area contributed by atoms with E-state index < -0.39 is 10.0 Å². The second-order valence-corrected chi connectivity index (χ2v) is 8.10. The summed E-state index contributed by atoms with van der Waals surface area (Å²) in [5.41, 5.74) is 3.33. The lowest BCUT2D eigenvalue weighted by atomic mass is 10.1. The van der Waals surface area contributed by atoms with Crippen LogP contribution < -0.4 is 10.1 Å². The van der Waals surface area contributed by atoms with Crippen molar-refractivity contribution in [2.24, 2.45) is 10.2 Å². The number of nitrogens with two attached hydrogens (primary N) is 1. The van der Waals surface area contributed by atoms with E-state index in [0.717, 1.165) is 11.4 Å². The smallest absolute Gasteiger partial charge is 0.280 e. The average molecular weight is 406 g/mol. The number of hydrogen-bond donors (Lipinski definition) is 1. The molecule has 0 atom stereocenters. The number of carbonyl (C=O) groups excluding carboxylic acids is 1. The monoisotopic (exact) mass is 406 g/mol. The molecule has 2 heterocycles. The van der Waals surface area contributed by atoms with Gasteiger partial charge in [-0.2, -0.15) is 10.1 Å². The number of nitrogens with zero attached hydrogens (tertiary/aromatic N) is 3. The van der Waals surface area contributed by atoms with Crippen LogP contribution in [-0.2, 0) is 14.8 Å². The van der Waals surface area contributed by atoms with Crippen molar-refractivity contribution in [3.05, 3.63) is 84.2 Å². The predicted molar refractivity (Wildman–Crippen MR) is 112 cm³/mol. The van der Waals surface area contributed by atoms with Gasteiger partial charge in [0.25, 0.3) is 5.91 Å². The van der Waals surface area contributed by atoms with Gasteiger partial charge in [-0.1, -0.05) is 18.2 Å². The normalized spacial score (nSPS) is 15.8. The van der Waals surface area contributed by atoms with Crippen molar-refractivity contribution in [3.8, 4) is 5.69 Å². The molecule has 0 unspecified atom stereocenters. The van der Waals surface area contributed by atoms with Gasteiger partial charge in [0.05, 0.1) is 21.9 Å². The van der Waals surface area contributed by atoms with Crippen LogP contribution in [0.4, 0.5) is 5.69 Å². The molecular formula is C21H18N4O3S. The highest BCUT2D eigenvalue weighted by Gasteiger charge is 2.28. The van der Waals surface area contributed by atoms with Gasteiger partial charge in [-0.3, -0.25) is 4.79 Å². The minimum absolute atomic E-state index is 0.0424. The maximum atomic E-state index is 12.9. The van der Waals surface area contributed by atoms with E-state index in [1.165, 1.54) is 17.1 Å². The van der Waals surface area contributed by atoms with Crippen molar-refractivity contribution < 1.29 is 13.2 Å². The molecule has 3 aromatic rings. The molecule has 2 N–H and O–H groups in total. The molecule has 1 aliphatic heterocycles. The van der Waals surface area contributed by atoms with E-state index in [2.05, 4.69) is 5.10 Å². The Morgan fingerprint density at radius 3 is 2.28 bits per heavy atom. The van der Waals surface area contributed by atoms with Gasteiger partial charge in [0.2, 0.25) is 10.0 Å². The fourth-order valence-electron chi connectivity index (χ4n) is 3.12. The number of anilines is 1. The van der Waals surface area contributed by atoms with Crippen LogP contribution in [0.3, 0.4) is 0 Å². The molecule has 0 spiro atoms. The number of benzene rings is 2. The molecule has 8 heteroatoms. The Kier molecular flexibility index (Phi) is 4.65. The quantitative estimate of drug-likeness (QED) is 0.675. The van der Waals surface area contributed by atoms with Gasteiger partial charge >= 0.3 is 0 Å². The molecule has 0 saturated carbocycles. The minimum Gasteiger partial charge on any atom is -0.317 e. The molecule has 29 heavy (non-hydrogen) atoms. The topological polar surface area (TPSA) is 97.8 Å². The van der Waals surface area contributed by atoms with Crippen LogP contribution in [-0.4, -0.2) is 24.6 Å². The summed E-state index contributed by atoms with van der Waals surface area (Å²) < 4.78 is 24.8. The summed E-state index contributed by atoms with van der Waals surface area (Å²) in [5, 5.41) is 10.9. The minimum atomic E-state index is -3.75. The first-order chi connectivity index (χ1) is 13.8. The largest absolute Gasteiger partial charge is 0.317 e. The Labute approximate surface area is 168 Å². The highest BCUT2D eigenvalue weighted by Crippen LogP contribution is 2.25. The number of primary sulfonamides is 1. The maximum absolute atomic E-state index is 12.9. The van der Waals surface area contributed by atoms with E-state index in [9.17, 15) is 13.2 Å². The highest BCUT2D eigenvalue weighted by molar-refractivity contribution is 7.89. The van der Waals surface area contributed by atoms with E-state index in [4.69, 9.17) is 5.14 Å². The van der Waals surface area contributed by atoms with Crippen LogP contribution in [0.2, 0.25) is 0 Å². The second kappa shape index (κ2) is 7.16. The Morgan fingerprint density at radius 2 is 1.62 bits per heavy atom. The molecule has 7 nitrogen and oxygen atoms in total. The summed E-state index contributed by atoms with van der Waals surface area (Å²) in [6.07, 6.45) is 3.61. The highest BCUT2D eigenvalue weighted by atomic mass is 32.2. The summed E-state index contributed by atoms with van der Waals surface area (Å²) in [7, 11) is -3.75. The van der Waals surface area contributed by atoms with Gasteiger partial charge in [0, 0.05) is 17.6 Å². The van der Waals surface area contributed by atoms with Gasteiger partial charge in [-0.05, 0) is 61.5 Å². The first-order valence-electron chi connectivity index (χ1n) is 8.82. The molecule has 146 valence electrons. The SMILES string of the molecule is CC1=NN(c2ccccc2)C(=O)/C1=C/c1cccn1-c1ccc(S(N)(=O)=O)cc1. The average Bonchev–Trinajstić information content (AvgIpc) is 3.28. The third-order valence-corrected chi connectivity index (χ3v) is 5.51. The lowest BCUT2D eigenvalue weighted by Gasteiger charge is -2.11. The molecule has 1 amide bonds. The van der Waals surface area contributed by atoms with Crippen molar-refractivity contribution in [2.45, 2.75) is 11.8 Å². The Morgan fingerprint density at radius 1 is 0.931 bits per heavy atom. The maximum Gasteiger partial charge on any atom is 0.280 e.